The lowest BCUT2D eigenvalue weighted by Gasteiger charge is -2.18. The van der Waals surface area contributed by atoms with Gasteiger partial charge >= 0.3 is 0 Å². The molecule has 1 aromatic heterocycles. The molecule has 0 unspecified atom stereocenters. The Labute approximate surface area is 221 Å². The van der Waals surface area contributed by atoms with Crippen molar-refractivity contribution in [2.45, 2.75) is 19.0 Å². The number of nitrogens with zero attached hydrogens (tertiary/aromatic N) is 2. The van der Waals surface area contributed by atoms with Crippen LogP contribution < -0.4 is 10.6 Å². The lowest BCUT2D eigenvalue weighted by atomic mass is 10.0. The third kappa shape index (κ3) is 6.26. The summed E-state index contributed by atoms with van der Waals surface area (Å²) in [5.41, 5.74) is 3.89. The highest BCUT2D eigenvalue weighted by Crippen LogP contribution is 2.22. The highest BCUT2D eigenvalue weighted by atomic mass is 79.9. The molecular formula is C27H24Br2N4O2. The summed E-state index contributed by atoms with van der Waals surface area (Å²) in [7, 11) is 1.56. The lowest BCUT2D eigenvalue weighted by molar-refractivity contribution is -0.122. The van der Waals surface area contributed by atoms with Gasteiger partial charge in [0, 0.05) is 28.0 Å². The standard InChI is InChI=1S/C27H24Br2N4O2/c1-30-26(34)24(15-20-11-5-6-13-22(20)29)31-27(35)25-16-23(19-9-3-2-4-10-19)32-33(25)17-18-8-7-12-21(28)14-18/h2-14,16,24H,15,17H2,1H3,(H,30,34)(H,31,35)/t24-/m0/s1. The number of hydrogen-bond donors (Lipinski definition) is 2. The van der Waals surface area contributed by atoms with E-state index in [4.69, 9.17) is 5.10 Å². The molecule has 0 bridgehead atoms. The maximum Gasteiger partial charge on any atom is 0.270 e. The van der Waals surface area contributed by atoms with Crippen LogP contribution in [0.1, 0.15) is 21.6 Å². The van der Waals surface area contributed by atoms with Crippen molar-refractivity contribution in [3.05, 3.63) is 111 Å². The molecule has 178 valence electrons. The minimum atomic E-state index is -0.749. The van der Waals surface area contributed by atoms with Crippen LogP contribution in [0.25, 0.3) is 11.3 Å². The predicted molar refractivity (Wildman–Crippen MR) is 144 cm³/mol. The van der Waals surface area contributed by atoms with E-state index < -0.39 is 6.04 Å². The van der Waals surface area contributed by atoms with Crippen molar-refractivity contribution in [1.82, 2.24) is 20.4 Å². The molecule has 8 heteroatoms. The Kier molecular flexibility index (Phi) is 8.15. The van der Waals surface area contributed by atoms with Gasteiger partial charge in [-0.1, -0.05) is 92.5 Å². The van der Waals surface area contributed by atoms with Crippen LogP contribution in [-0.2, 0) is 17.8 Å². The van der Waals surface area contributed by atoms with Crippen LogP contribution in [0.2, 0.25) is 0 Å². The normalized spacial score (nSPS) is 11.6. The molecule has 4 rings (SSSR count). The van der Waals surface area contributed by atoms with Crippen molar-refractivity contribution >= 4 is 43.7 Å². The van der Waals surface area contributed by atoms with Crippen molar-refractivity contribution in [3.63, 3.8) is 0 Å². The molecule has 3 aromatic carbocycles. The maximum atomic E-state index is 13.5. The molecule has 0 saturated carbocycles. The first-order valence-corrected chi connectivity index (χ1v) is 12.7. The monoisotopic (exact) mass is 594 g/mol. The van der Waals surface area contributed by atoms with Crippen molar-refractivity contribution in [2.24, 2.45) is 0 Å². The van der Waals surface area contributed by atoms with Gasteiger partial charge in [-0.05, 0) is 35.4 Å². The van der Waals surface area contributed by atoms with Gasteiger partial charge in [-0.2, -0.15) is 5.10 Å². The zero-order valence-electron chi connectivity index (χ0n) is 19.0. The second kappa shape index (κ2) is 11.5. The molecule has 0 aliphatic heterocycles. The molecule has 1 heterocycles. The number of aromatic nitrogens is 2. The fraction of sp³-hybridized carbons (Fsp3) is 0.148. The molecular weight excluding hydrogens is 572 g/mol. The van der Waals surface area contributed by atoms with Gasteiger partial charge in [0.05, 0.1) is 12.2 Å². The molecule has 6 nitrogen and oxygen atoms in total. The summed E-state index contributed by atoms with van der Waals surface area (Å²) in [6, 6.07) is 26.2. The number of halogens is 2. The van der Waals surface area contributed by atoms with Gasteiger partial charge < -0.3 is 10.6 Å². The first kappa shape index (κ1) is 24.9. The predicted octanol–water partition coefficient (Wildman–Crippen LogP) is 5.21. The van der Waals surface area contributed by atoms with Crippen LogP contribution in [0, 0.1) is 0 Å². The smallest absolute Gasteiger partial charge is 0.270 e. The number of amides is 2. The largest absolute Gasteiger partial charge is 0.357 e. The first-order valence-electron chi connectivity index (χ1n) is 11.1. The lowest BCUT2D eigenvalue weighted by Crippen LogP contribution is -2.47. The summed E-state index contributed by atoms with van der Waals surface area (Å²) in [5, 5.41) is 10.3. The average molecular weight is 596 g/mol. The molecule has 1 atom stereocenters. The quantitative estimate of drug-likeness (QED) is 0.294. The zero-order chi connectivity index (χ0) is 24.8. The van der Waals surface area contributed by atoms with Crippen molar-refractivity contribution in [1.29, 1.82) is 0 Å². The highest BCUT2D eigenvalue weighted by Gasteiger charge is 2.24. The maximum absolute atomic E-state index is 13.5. The highest BCUT2D eigenvalue weighted by molar-refractivity contribution is 9.10. The van der Waals surface area contributed by atoms with Crippen LogP contribution in [0.4, 0.5) is 0 Å². The van der Waals surface area contributed by atoms with E-state index in [-0.39, 0.29) is 11.8 Å². The summed E-state index contributed by atoms with van der Waals surface area (Å²) in [6.07, 6.45) is 0.345. The van der Waals surface area contributed by atoms with E-state index in [1.54, 1.807) is 17.8 Å². The summed E-state index contributed by atoms with van der Waals surface area (Å²) in [4.78, 5) is 26.2. The third-order valence-electron chi connectivity index (χ3n) is 5.55. The number of carbonyl (C=O) groups excluding carboxylic acids is 2. The van der Waals surface area contributed by atoms with Gasteiger partial charge in [-0.3, -0.25) is 14.3 Å². The second-order valence-corrected chi connectivity index (χ2v) is 9.77. The second-order valence-electron chi connectivity index (χ2n) is 8.00. The van der Waals surface area contributed by atoms with Crippen molar-refractivity contribution < 1.29 is 9.59 Å². The fourth-order valence-corrected chi connectivity index (χ4v) is 4.67. The Morgan fingerprint density at radius 3 is 2.40 bits per heavy atom. The Morgan fingerprint density at radius 1 is 0.943 bits per heavy atom. The number of carbonyl (C=O) groups is 2. The summed E-state index contributed by atoms with van der Waals surface area (Å²) in [6.45, 7) is 0.407. The fourth-order valence-electron chi connectivity index (χ4n) is 3.78. The minimum Gasteiger partial charge on any atom is -0.357 e. The Hall–Kier alpha value is -3.23. The van der Waals surface area contributed by atoms with E-state index in [0.717, 1.165) is 25.6 Å². The van der Waals surface area contributed by atoms with Crippen LogP contribution in [-0.4, -0.2) is 34.7 Å². The molecule has 0 radical (unpaired) electrons. The number of benzene rings is 3. The average Bonchev–Trinajstić information content (AvgIpc) is 3.29. The molecule has 0 aliphatic rings. The topological polar surface area (TPSA) is 76.0 Å². The van der Waals surface area contributed by atoms with Gasteiger partial charge in [-0.15, -0.1) is 0 Å². The van der Waals surface area contributed by atoms with E-state index in [0.29, 0.717) is 24.4 Å². The van der Waals surface area contributed by atoms with Gasteiger partial charge in [0.25, 0.3) is 5.91 Å². The molecule has 2 amide bonds. The minimum absolute atomic E-state index is 0.268. The van der Waals surface area contributed by atoms with Gasteiger partial charge in [0.2, 0.25) is 5.91 Å². The third-order valence-corrected chi connectivity index (χ3v) is 6.82. The van der Waals surface area contributed by atoms with E-state index in [1.165, 1.54) is 0 Å². The summed E-state index contributed by atoms with van der Waals surface area (Å²) in [5.74, 6) is -0.634. The Bertz CT molecular complexity index is 1340. The number of likely N-dealkylation sites (N-methyl/N-ethyl adjacent to an activating group) is 1. The molecule has 2 N–H and O–H groups in total. The summed E-state index contributed by atoms with van der Waals surface area (Å²) >= 11 is 7.03. The van der Waals surface area contributed by atoms with Crippen LogP contribution >= 0.6 is 31.9 Å². The summed E-state index contributed by atoms with van der Waals surface area (Å²) < 4.78 is 3.51. The molecule has 4 aromatic rings. The molecule has 0 saturated heterocycles. The van der Waals surface area contributed by atoms with Crippen molar-refractivity contribution in [3.8, 4) is 11.3 Å². The molecule has 0 fully saturated rings. The van der Waals surface area contributed by atoms with Gasteiger partial charge in [0.15, 0.2) is 0 Å². The van der Waals surface area contributed by atoms with Crippen LogP contribution in [0.3, 0.4) is 0 Å². The SMILES string of the molecule is CNC(=O)[C@H](Cc1ccccc1Br)NC(=O)c1cc(-c2ccccc2)nn1Cc1cccc(Br)c1. The zero-order valence-corrected chi connectivity index (χ0v) is 22.2. The van der Waals surface area contributed by atoms with Crippen molar-refractivity contribution in [2.75, 3.05) is 7.05 Å². The number of hydrogen-bond acceptors (Lipinski definition) is 3. The number of nitrogens with one attached hydrogen (secondary N) is 2. The number of rotatable bonds is 8. The van der Waals surface area contributed by atoms with E-state index in [2.05, 4.69) is 42.5 Å². The van der Waals surface area contributed by atoms with Gasteiger partial charge in [-0.25, -0.2) is 0 Å². The Balaban J connectivity index is 1.66. The first-order chi connectivity index (χ1) is 16.9. The van der Waals surface area contributed by atoms with Crippen LogP contribution in [0.5, 0.6) is 0 Å². The molecule has 0 spiro atoms. The van der Waals surface area contributed by atoms with Crippen LogP contribution in [0.15, 0.2) is 93.9 Å². The van der Waals surface area contributed by atoms with E-state index in [9.17, 15) is 9.59 Å². The van der Waals surface area contributed by atoms with E-state index >= 15 is 0 Å². The molecule has 35 heavy (non-hydrogen) atoms. The van der Waals surface area contributed by atoms with E-state index in [1.807, 2.05) is 78.9 Å². The van der Waals surface area contributed by atoms with Gasteiger partial charge in [0.1, 0.15) is 11.7 Å². The Morgan fingerprint density at radius 2 is 1.69 bits per heavy atom. The molecule has 0 aliphatic carbocycles.